The molecule has 0 bridgehead atoms. The van der Waals surface area contributed by atoms with Gasteiger partial charge in [-0.2, -0.15) is 0 Å². The summed E-state index contributed by atoms with van der Waals surface area (Å²) in [5, 5.41) is 9.59. The van der Waals surface area contributed by atoms with Crippen LogP contribution < -0.4 is 0 Å². The maximum Gasteiger partial charge on any atom is 0.227 e. The Morgan fingerprint density at radius 1 is 0.605 bits per heavy atom. The predicted molar refractivity (Wildman–Crippen MR) is 158 cm³/mol. The number of hydrogen-bond acceptors (Lipinski definition) is 3. The van der Waals surface area contributed by atoms with Gasteiger partial charge in [-0.1, -0.05) is 79.7 Å². The van der Waals surface area contributed by atoms with Gasteiger partial charge < -0.3 is 9.52 Å². The maximum atomic E-state index is 9.59. The van der Waals surface area contributed by atoms with E-state index in [1.165, 1.54) is 47.9 Å². The van der Waals surface area contributed by atoms with Crippen molar-refractivity contribution in [3.63, 3.8) is 0 Å². The van der Waals surface area contributed by atoms with Crippen molar-refractivity contribution in [2.45, 2.75) is 103 Å². The molecule has 38 heavy (non-hydrogen) atoms. The van der Waals surface area contributed by atoms with Crippen molar-refractivity contribution in [3.05, 3.63) is 82.9 Å². The number of hydrogen-bond donors (Lipinski definition) is 1. The molecule has 0 radical (unpaired) electrons. The minimum absolute atomic E-state index is 0.193. The van der Waals surface area contributed by atoms with Crippen molar-refractivity contribution in [2.24, 2.45) is 0 Å². The molecule has 4 aromatic rings. The van der Waals surface area contributed by atoms with E-state index in [9.17, 15) is 5.11 Å². The topological polar surface area (TPSA) is 46.3 Å². The summed E-state index contributed by atoms with van der Waals surface area (Å²) >= 11 is 0. The Bertz CT molecular complexity index is 1420. The van der Waals surface area contributed by atoms with Crippen LogP contribution in [0.2, 0.25) is 0 Å². The fourth-order valence-electron chi connectivity index (χ4n) is 6.27. The van der Waals surface area contributed by atoms with Gasteiger partial charge in [-0.05, 0) is 106 Å². The van der Waals surface area contributed by atoms with Crippen LogP contribution >= 0.6 is 0 Å². The van der Waals surface area contributed by atoms with Crippen LogP contribution in [0.5, 0.6) is 5.75 Å². The van der Waals surface area contributed by atoms with E-state index in [1.807, 2.05) is 42.5 Å². The van der Waals surface area contributed by atoms with E-state index in [-0.39, 0.29) is 21.7 Å². The molecule has 1 N–H and O–H groups in total. The van der Waals surface area contributed by atoms with Gasteiger partial charge >= 0.3 is 0 Å². The van der Waals surface area contributed by atoms with E-state index in [1.54, 1.807) is 0 Å². The third-order valence-electron chi connectivity index (χ3n) is 9.22. The van der Waals surface area contributed by atoms with Crippen molar-refractivity contribution in [1.82, 2.24) is 4.98 Å². The largest absolute Gasteiger partial charge is 0.508 e. The SMILES string of the molecule is CC1(C)CCC(C)(C)c2cc(O)ccc21.CC1(C)CCC(C)(C)c2cc3oc(-c4ccccc4)nc3cc21. The Balaban J connectivity index is 0.000000170. The molecule has 200 valence electrons. The number of oxazole rings is 1. The fraction of sp³-hybridized carbons (Fsp3) is 0.457. The smallest absolute Gasteiger partial charge is 0.227 e. The summed E-state index contributed by atoms with van der Waals surface area (Å²) in [5.41, 5.74) is 9.29. The van der Waals surface area contributed by atoms with Gasteiger partial charge in [0.15, 0.2) is 5.58 Å². The van der Waals surface area contributed by atoms with Crippen LogP contribution in [0.1, 0.15) is 103 Å². The second kappa shape index (κ2) is 9.00. The van der Waals surface area contributed by atoms with Crippen LogP contribution in [0.25, 0.3) is 22.6 Å². The number of fused-ring (bicyclic) bond motifs is 3. The Morgan fingerprint density at radius 2 is 1.11 bits per heavy atom. The van der Waals surface area contributed by atoms with Crippen molar-refractivity contribution in [1.29, 1.82) is 0 Å². The average molecular weight is 510 g/mol. The molecule has 3 aromatic carbocycles. The molecular weight excluding hydrogens is 466 g/mol. The first-order valence-electron chi connectivity index (χ1n) is 14.0. The lowest BCUT2D eigenvalue weighted by atomic mass is 9.63. The highest BCUT2D eigenvalue weighted by molar-refractivity contribution is 5.79. The lowest BCUT2D eigenvalue weighted by Gasteiger charge is -2.41. The van der Waals surface area contributed by atoms with Gasteiger partial charge in [0.25, 0.3) is 0 Å². The van der Waals surface area contributed by atoms with Gasteiger partial charge in [0.2, 0.25) is 5.89 Å². The lowest BCUT2D eigenvalue weighted by Crippen LogP contribution is -2.33. The molecular formula is C35H43NO2. The second-order valence-electron chi connectivity index (χ2n) is 14.0. The molecule has 6 rings (SSSR count). The van der Waals surface area contributed by atoms with Crippen LogP contribution in [-0.2, 0) is 21.7 Å². The number of phenols is 1. The number of benzene rings is 3. The molecule has 3 nitrogen and oxygen atoms in total. The fourth-order valence-corrected chi connectivity index (χ4v) is 6.27. The summed E-state index contributed by atoms with van der Waals surface area (Å²) in [6.07, 6.45) is 4.83. The first-order chi connectivity index (χ1) is 17.7. The monoisotopic (exact) mass is 509 g/mol. The van der Waals surface area contributed by atoms with Gasteiger partial charge in [-0.25, -0.2) is 4.98 Å². The molecule has 1 aromatic heterocycles. The normalized spacial score (nSPS) is 20.1. The second-order valence-corrected chi connectivity index (χ2v) is 14.0. The zero-order valence-corrected chi connectivity index (χ0v) is 24.4. The molecule has 3 heteroatoms. The van der Waals surface area contributed by atoms with E-state index in [0.717, 1.165) is 16.7 Å². The molecule has 0 aliphatic heterocycles. The minimum Gasteiger partial charge on any atom is -0.508 e. The van der Waals surface area contributed by atoms with E-state index in [0.29, 0.717) is 11.6 Å². The predicted octanol–water partition coefficient (Wildman–Crippen LogP) is 9.58. The zero-order valence-electron chi connectivity index (χ0n) is 24.4. The molecule has 0 atom stereocenters. The molecule has 0 spiro atoms. The molecule has 2 aliphatic carbocycles. The third-order valence-corrected chi connectivity index (χ3v) is 9.22. The summed E-state index contributed by atoms with van der Waals surface area (Å²) in [6.45, 7) is 18.5. The summed E-state index contributed by atoms with van der Waals surface area (Å²) in [4.78, 5) is 4.74. The van der Waals surface area contributed by atoms with E-state index < -0.39 is 0 Å². The highest BCUT2D eigenvalue weighted by Gasteiger charge is 2.38. The standard InChI is InChI=1S/C21H23NO.C14H20O/c1-20(2)10-11-21(3,4)16-13-18-17(12-15(16)20)22-19(23-18)14-8-6-5-7-9-14;1-13(2)7-8-14(3,4)12-9-10(15)5-6-11(12)13/h5-9,12-13H,10-11H2,1-4H3;5-6,9,15H,7-8H2,1-4H3. The van der Waals surface area contributed by atoms with Gasteiger partial charge in [-0.3, -0.25) is 0 Å². The van der Waals surface area contributed by atoms with Crippen molar-refractivity contribution < 1.29 is 9.52 Å². The Hall–Kier alpha value is -3.07. The van der Waals surface area contributed by atoms with Crippen LogP contribution in [0.15, 0.2) is 65.1 Å². The number of aromatic nitrogens is 1. The van der Waals surface area contributed by atoms with Crippen LogP contribution in [0.3, 0.4) is 0 Å². The Morgan fingerprint density at radius 3 is 1.68 bits per heavy atom. The van der Waals surface area contributed by atoms with E-state index in [2.05, 4.69) is 73.6 Å². The Labute approximate surface area is 228 Å². The summed E-state index contributed by atoms with van der Waals surface area (Å²) in [6, 6.07) is 20.4. The number of aromatic hydroxyl groups is 1. The molecule has 0 amide bonds. The highest BCUT2D eigenvalue weighted by atomic mass is 16.3. The third kappa shape index (κ3) is 4.77. The van der Waals surface area contributed by atoms with Gasteiger partial charge in [0.1, 0.15) is 11.3 Å². The molecule has 0 saturated carbocycles. The molecule has 2 aliphatic rings. The molecule has 0 unspecified atom stereocenters. The number of nitrogens with zero attached hydrogens (tertiary/aromatic N) is 1. The maximum absolute atomic E-state index is 9.59. The molecule has 1 heterocycles. The number of phenolic OH excluding ortho intramolecular Hbond substituents is 1. The van der Waals surface area contributed by atoms with Crippen molar-refractivity contribution in [2.75, 3.05) is 0 Å². The van der Waals surface area contributed by atoms with Gasteiger partial charge in [-0.15, -0.1) is 0 Å². The minimum atomic E-state index is 0.193. The summed E-state index contributed by atoms with van der Waals surface area (Å²) in [7, 11) is 0. The van der Waals surface area contributed by atoms with E-state index in [4.69, 9.17) is 9.40 Å². The Kier molecular flexibility index (Phi) is 6.29. The van der Waals surface area contributed by atoms with Crippen molar-refractivity contribution >= 4 is 11.1 Å². The zero-order chi connectivity index (χ0) is 27.5. The molecule has 0 saturated heterocycles. The highest BCUT2D eigenvalue weighted by Crippen LogP contribution is 2.48. The van der Waals surface area contributed by atoms with Gasteiger partial charge in [0.05, 0.1) is 0 Å². The first kappa shape index (κ1) is 26.5. The average Bonchev–Trinajstić information content (AvgIpc) is 3.29. The lowest BCUT2D eigenvalue weighted by molar-refractivity contribution is 0.329. The number of rotatable bonds is 1. The van der Waals surface area contributed by atoms with Crippen LogP contribution in [-0.4, -0.2) is 10.1 Å². The van der Waals surface area contributed by atoms with E-state index >= 15 is 0 Å². The summed E-state index contributed by atoms with van der Waals surface area (Å²) in [5.74, 6) is 1.10. The van der Waals surface area contributed by atoms with Crippen LogP contribution in [0.4, 0.5) is 0 Å². The molecule has 0 fully saturated rings. The van der Waals surface area contributed by atoms with Crippen LogP contribution in [0, 0.1) is 0 Å². The summed E-state index contributed by atoms with van der Waals surface area (Å²) < 4.78 is 6.07. The quantitative estimate of drug-likeness (QED) is 0.278. The van der Waals surface area contributed by atoms with Crippen molar-refractivity contribution in [3.8, 4) is 17.2 Å². The van der Waals surface area contributed by atoms with Gasteiger partial charge in [0, 0.05) is 5.56 Å². The first-order valence-corrected chi connectivity index (χ1v) is 14.0.